The van der Waals surface area contributed by atoms with Crippen molar-refractivity contribution in [3.8, 4) is 17.1 Å². The van der Waals surface area contributed by atoms with Crippen LogP contribution in [0.5, 0.6) is 5.88 Å². The highest BCUT2D eigenvalue weighted by molar-refractivity contribution is 6.42. The third kappa shape index (κ3) is 4.71. The van der Waals surface area contributed by atoms with Gasteiger partial charge in [-0.2, -0.15) is 0 Å². The van der Waals surface area contributed by atoms with Crippen molar-refractivity contribution < 1.29 is 9.13 Å². The summed E-state index contributed by atoms with van der Waals surface area (Å²) in [5.74, 6) is 0.121. The van der Waals surface area contributed by atoms with Crippen LogP contribution in [0.4, 0.5) is 4.39 Å². The van der Waals surface area contributed by atoms with E-state index in [0.29, 0.717) is 38.9 Å². The summed E-state index contributed by atoms with van der Waals surface area (Å²) in [5, 5.41) is 9.67. The molecule has 1 saturated heterocycles. The first-order valence-corrected chi connectivity index (χ1v) is 11.8. The Hall–Kier alpha value is -2.81. The predicted molar refractivity (Wildman–Crippen MR) is 130 cm³/mol. The Bertz CT molecular complexity index is 1320. The number of nitrogens with zero attached hydrogens (tertiary/aromatic N) is 6. The Morgan fingerprint density at radius 1 is 1.12 bits per heavy atom. The van der Waals surface area contributed by atoms with Gasteiger partial charge in [0, 0.05) is 36.8 Å². The Morgan fingerprint density at radius 2 is 1.94 bits per heavy atom. The summed E-state index contributed by atoms with van der Waals surface area (Å²) in [5.41, 5.74) is 3.46. The number of methoxy groups -OCH3 is 1. The number of hydrogen-bond acceptors (Lipinski definition) is 6. The highest BCUT2D eigenvalue weighted by Gasteiger charge is 2.23. The van der Waals surface area contributed by atoms with Crippen molar-refractivity contribution >= 4 is 34.2 Å². The number of likely N-dealkylation sites (tertiary alicyclic amines) is 1. The van der Waals surface area contributed by atoms with Gasteiger partial charge in [0.05, 0.1) is 46.6 Å². The number of benzene rings is 1. The van der Waals surface area contributed by atoms with Crippen molar-refractivity contribution in [2.75, 3.05) is 26.7 Å². The average Bonchev–Trinajstić information content (AvgIpc) is 3.35. The molecule has 0 spiro atoms. The van der Waals surface area contributed by atoms with Gasteiger partial charge < -0.3 is 9.64 Å². The van der Waals surface area contributed by atoms with E-state index in [9.17, 15) is 4.39 Å². The molecule has 0 atom stereocenters. The second-order valence-corrected chi connectivity index (χ2v) is 9.16. The lowest BCUT2D eigenvalue weighted by molar-refractivity contribution is 0.180. The van der Waals surface area contributed by atoms with Gasteiger partial charge in [-0.3, -0.25) is 4.98 Å². The first kappa shape index (κ1) is 23.0. The summed E-state index contributed by atoms with van der Waals surface area (Å²) in [4.78, 5) is 10.9. The first-order chi connectivity index (χ1) is 16.5. The number of piperidine rings is 1. The molecule has 4 aromatic rings. The average molecular weight is 501 g/mol. The molecule has 7 nitrogen and oxygen atoms in total. The largest absolute Gasteiger partial charge is 0.481 e. The van der Waals surface area contributed by atoms with Gasteiger partial charge >= 0.3 is 0 Å². The van der Waals surface area contributed by atoms with Gasteiger partial charge in [-0.15, -0.1) is 5.10 Å². The minimum absolute atomic E-state index is 0.268. The molecule has 0 saturated carbocycles. The molecule has 1 aliphatic heterocycles. The summed E-state index contributed by atoms with van der Waals surface area (Å²) >= 11 is 12.2. The van der Waals surface area contributed by atoms with Gasteiger partial charge in [0.25, 0.3) is 0 Å². The van der Waals surface area contributed by atoms with Crippen molar-refractivity contribution in [2.24, 2.45) is 0 Å². The highest BCUT2D eigenvalue weighted by Crippen LogP contribution is 2.29. The molecule has 1 aromatic carbocycles. The molecule has 0 N–H and O–H groups in total. The van der Waals surface area contributed by atoms with E-state index in [4.69, 9.17) is 27.9 Å². The van der Waals surface area contributed by atoms with E-state index in [1.165, 1.54) is 6.20 Å². The fourth-order valence-corrected chi connectivity index (χ4v) is 4.65. The molecule has 0 aliphatic carbocycles. The van der Waals surface area contributed by atoms with Crippen molar-refractivity contribution in [1.82, 2.24) is 29.9 Å². The van der Waals surface area contributed by atoms with Crippen LogP contribution >= 0.6 is 23.2 Å². The van der Waals surface area contributed by atoms with E-state index in [2.05, 4.69) is 25.2 Å². The molecule has 1 aliphatic rings. The zero-order valence-corrected chi connectivity index (χ0v) is 20.1. The van der Waals surface area contributed by atoms with Crippen LogP contribution in [-0.4, -0.2) is 56.6 Å². The molecule has 0 bridgehead atoms. The maximum Gasteiger partial charge on any atom is 0.213 e. The molecule has 4 heterocycles. The number of aromatic nitrogens is 5. The number of rotatable bonds is 6. The summed E-state index contributed by atoms with van der Waals surface area (Å²) in [7, 11) is 1.55. The summed E-state index contributed by atoms with van der Waals surface area (Å²) < 4.78 is 21.7. The van der Waals surface area contributed by atoms with E-state index in [1.54, 1.807) is 31.4 Å². The zero-order chi connectivity index (χ0) is 23.7. The van der Waals surface area contributed by atoms with Crippen LogP contribution in [0.3, 0.4) is 0 Å². The minimum Gasteiger partial charge on any atom is -0.481 e. The van der Waals surface area contributed by atoms with Gasteiger partial charge in [0.15, 0.2) is 0 Å². The van der Waals surface area contributed by atoms with E-state index >= 15 is 0 Å². The lowest BCUT2D eigenvalue weighted by Gasteiger charge is -2.31. The van der Waals surface area contributed by atoms with E-state index in [-0.39, 0.29) is 11.9 Å². The second-order valence-electron chi connectivity index (χ2n) is 8.34. The molecule has 0 unspecified atom stereocenters. The summed E-state index contributed by atoms with van der Waals surface area (Å²) in [6.45, 7) is 2.54. The van der Waals surface area contributed by atoms with Crippen molar-refractivity contribution in [3.05, 3.63) is 64.2 Å². The SMILES string of the molecule is COc1ccc2ncc(F)c(CCN3CCC(n4cc(-c5ccc(Cl)c(Cl)c5)nn4)CC3)c2n1. The fourth-order valence-electron chi connectivity index (χ4n) is 4.35. The van der Waals surface area contributed by atoms with Crippen molar-refractivity contribution in [3.63, 3.8) is 0 Å². The number of hydrogen-bond donors (Lipinski definition) is 0. The molecule has 5 rings (SSSR count). The fraction of sp³-hybridized carbons (Fsp3) is 0.333. The molecule has 3 aromatic heterocycles. The normalized spacial score (nSPS) is 15.2. The molecule has 0 radical (unpaired) electrons. The van der Waals surface area contributed by atoms with E-state index < -0.39 is 0 Å². The molecule has 176 valence electrons. The van der Waals surface area contributed by atoms with Gasteiger partial charge in [-0.1, -0.05) is 34.5 Å². The van der Waals surface area contributed by atoms with Crippen LogP contribution in [0.25, 0.3) is 22.3 Å². The quantitative estimate of drug-likeness (QED) is 0.361. The third-order valence-corrected chi connectivity index (χ3v) is 7.02. The number of pyridine rings is 2. The van der Waals surface area contributed by atoms with Gasteiger partial charge in [-0.05, 0) is 37.5 Å². The minimum atomic E-state index is -0.333. The molecular weight excluding hydrogens is 478 g/mol. The maximum atomic E-state index is 14.6. The van der Waals surface area contributed by atoms with Crippen LogP contribution in [0, 0.1) is 5.82 Å². The second kappa shape index (κ2) is 9.82. The van der Waals surface area contributed by atoms with Crippen molar-refractivity contribution in [2.45, 2.75) is 25.3 Å². The van der Waals surface area contributed by atoms with E-state index in [0.717, 1.165) is 43.7 Å². The topological polar surface area (TPSA) is 69.0 Å². The van der Waals surface area contributed by atoms with Crippen LogP contribution in [0.2, 0.25) is 10.0 Å². The van der Waals surface area contributed by atoms with Crippen LogP contribution in [-0.2, 0) is 6.42 Å². The monoisotopic (exact) mass is 500 g/mol. The van der Waals surface area contributed by atoms with Crippen LogP contribution in [0.1, 0.15) is 24.4 Å². The lowest BCUT2D eigenvalue weighted by atomic mass is 10.0. The number of ether oxygens (including phenoxy) is 1. The van der Waals surface area contributed by atoms with Gasteiger partial charge in [0.1, 0.15) is 11.5 Å². The Morgan fingerprint density at radius 3 is 2.71 bits per heavy atom. The smallest absolute Gasteiger partial charge is 0.213 e. The van der Waals surface area contributed by atoms with Crippen LogP contribution < -0.4 is 4.74 Å². The van der Waals surface area contributed by atoms with Gasteiger partial charge in [0.2, 0.25) is 5.88 Å². The zero-order valence-electron chi connectivity index (χ0n) is 18.6. The van der Waals surface area contributed by atoms with Crippen LogP contribution in [0.15, 0.2) is 42.7 Å². The highest BCUT2D eigenvalue weighted by atomic mass is 35.5. The Balaban J connectivity index is 1.22. The molecule has 10 heteroatoms. The Kier molecular flexibility index (Phi) is 6.63. The Labute approximate surface area is 206 Å². The van der Waals surface area contributed by atoms with Crippen molar-refractivity contribution in [1.29, 1.82) is 0 Å². The summed E-state index contributed by atoms with van der Waals surface area (Å²) in [6.07, 6.45) is 5.66. The van der Waals surface area contributed by atoms with E-state index in [1.807, 2.05) is 16.9 Å². The number of fused-ring (bicyclic) bond motifs is 1. The van der Waals surface area contributed by atoms with Gasteiger partial charge in [-0.25, -0.2) is 14.1 Å². The lowest BCUT2D eigenvalue weighted by Crippen LogP contribution is -2.36. The third-order valence-electron chi connectivity index (χ3n) is 6.28. The maximum absolute atomic E-state index is 14.6. The standard InChI is InChI=1S/C24H23Cl2FN6O/c1-34-23-5-4-21-24(29-23)17(20(27)13-28-21)8-11-32-9-6-16(7-10-32)33-14-22(30-31-33)15-2-3-18(25)19(26)12-15/h2-5,12-14,16H,6-11H2,1H3. The number of halogens is 3. The predicted octanol–water partition coefficient (Wildman–Crippen LogP) is 5.22. The summed E-state index contributed by atoms with van der Waals surface area (Å²) in [6, 6.07) is 9.26. The first-order valence-electron chi connectivity index (χ1n) is 11.1. The molecule has 1 fully saturated rings. The molecular formula is C24H23Cl2FN6O. The molecule has 34 heavy (non-hydrogen) atoms. The molecule has 0 amide bonds.